The van der Waals surface area contributed by atoms with Crippen molar-refractivity contribution >= 4 is 16.0 Å². The number of sulfonamides is 1. The van der Waals surface area contributed by atoms with Crippen LogP contribution in [0, 0.1) is 12.3 Å². The fourth-order valence-corrected chi connectivity index (χ4v) is 5.71. The minimum absolute atomic E-state index is 0.181. The first kappa shape index (κ1) is 21.6. The molecule has 1 aliphatic heterocycles. The summed E-state index contributed by atoms with van der Waals surface area (Å²) >= 11 is 0. The summed E-state index contributed by atoms with van der Waals surface area (Å²) in [6, 6.07) is 14.4. The van der Waals surface area contributed by atoms with Crippen LogP contribution in [0.4, 0.5) is 0 Å². The molecule has 1 atom stereocenters. The number of hydrogen-bond donors (Lipinski definition) is 0. The molecule has 0 amide bonds. The Bertz CT molecular complexity index is 1100. The smallest absolute Gasteiger partial charge is 0.303 e. The molecule has 6 nitrogen and oxygen atoms in total. The highest BCUT2D eigenvalue weighted by molar-refractivity contribution is 7.89. The number of nitrogens with zero attached hydrogens (tertiary/aromatic N) is 1. The van der Waals surface area contributed by atoms with E-state index in [-0.39, 0.29) is 11.4 Å². The predicted molar refractivity (Wildman–Crippen MR) is 117 cm³/mol. The quantitative estimate of drug-likeness (QED) is 0.500. The number of esters is 1. The SMILES string of the molecule is COc1ccc(C(OC(C)=O)C2=CC23CCN(S(=O)(=O)c2ccc(C)cc2)CC3)cc1. The molecule has 4 rings (SSSR count). The maximum Gasteiger partial charge on any atom is 0.303 e. The lowest BCUT2D eigenvalue weighted by atomic mass is 9.86. The number of piperidine rings is 1. The van der Waals surface area contributed by atoms with Gasteiger partial charge in [-0.25, -0.2) is 8.42 Å². The van der Waals surface area contributed by atoms with Gasteiger partial charge in [-0.2, -0.15) is 4.31 Å². The lowest BCUT2D eigenvalue weighted by Gasteiger charge is -2.34. The van der Waals surface area contributed by atoms with E-state index < -0.39 is 16.1 Å². The van der Waals surface area contributed by atoms with Gasteiger partial charge in [0.15, 0.2) is 0 Å². The predicted octanol–water partition coefficient (Wildman–Crippen LogP) is 4.02. The summed E-state index contributed by atoms with van der Waals surface area (Å²) in [5.74, 6) is 0.391. The largest absolute Gasteiger partial charge is 0.497 e. The normalized spacial score (nSPS) is 18.9. The van der Waals surface area contributed by atoms with Crippen molar-refractivity contribution in [2.45, 2.75) is 37.7 Å². The van der Waals surface area contributed by atoms with Crippen LogP contribution in [0.3, 0.4) is 0 Å². The Morgan fingerprint density at radius 1 is 1.03 bits per heavy atom. The molecule has 1 spiro atoms. The van der Waals surface area contributed by atoms with E-state index in [0.717, 1.165) is 22.4 Å². The van der Waals surface area contributed by atoms with Crippen LogP contribution >= 0.6 is 0 Å². The molecule has 0 bridgehead atoms. The second-order valence-corrected chi connectivity index (χ2v) is 10.2. The molecule has 1 fully saturated rings. The number of carbonyl (C=O) groups excluding carboxylic acids is 1. The van der Waals surface area contributed by atoms with Gasteiger partial charge in [0.1, 0.15) is 11.9 Å². The van der Waals surface area contributed by atoms with Gasteiger partial charge in [-0.15, -0.1) is 0 Å². The van der Waals surface area contributed by atoms with Crippen molar-refractivity contribution < 1.29 is 22.7 Å². The first-order chi connectivity index (χ1) is 14.7. The summed E-state index contributed by atoms with van der Waals surface area (Å²) in [5, 5.41) is 0. The highest BCUT2D eigenvalue weighted by Crippen LogP contribution is 2.58. The summed E-state index contributed by atoms with van der Waals surface area (Å²) < 4.78 is 38.4. The third kappa shape index (κ3) is 4.25. The van der Waals surface area contributed by atoms with Crippen LogP contribution in [0.25, 0.3) is 0 Å². The van der Waals surface area contributed by atoms with Crippen molar-refractivity contribution in [3.05, 3.63) is 71.3 Å². The number of aryl methyl sites for hydroxylation is 1. The summed E-state index contributed by atoms with van der Waals surface area (Å²) in [6.45, 7) is 4.21. The maximum atomic E-state index is 13.0. The summed E-state index contributed by atoms with van der Waals surface area (Å²) in [6.07, 6.45) is 3.05. The molecular weight excluding hydrogens is 414 g/mol. The molecule has 2 aromatic carbocycles. The van der Waals surface area contributed by atoms with E-state index in [1.54, 1.807) is 23.5 Å². The minimum Gasteiger partial charge on any atom is -0.497 e. The molecule has 0 saturated carbocycles. The van der Waals surface area contributed by atoms with Gasteiger partial charge >= 0.3 is 5.97 Å². The molecule has 2 aliphatic rings. The standard InChI is InChI=1S/C24H27NO5S/c1-17-4-10-21(11-5-17)31(27,28)25-14-12-24(13-15-25)16-22(24)23(30-18(2)26)19-6-8-20(29-3)9-7-19/h4-11,16,23H,12-15H2,1-3H3. The molecule has 7 heteroatoms. The molecule has 1 unspecified atom stereocenters. The Balaban J connectivity index is 1.47. The number of ether oxygens (including phenoxy) is 2. The molecule has 0 radical (unpaired) electrons. The van der Waals surface area contributed by atoms with E-state index in [9.17, 15) is 13.2 Å². The fraction of sp³-hybridized carbons (Fsp3) is 0.375. The van der Waals surface area contributed by atoms with Crippen molar-refractivity contribution in [1.82, 2.24) is 4.31 Å². The van der Waals surface area contributed by atoms with E-state index in [1.807, 2.05) is 43.3 Å². The first-order valence-corrected chi connectivity index (χ1v) is 11.8. The van der Waals surface area contributed by atoms with Gasteiger partial charge in [0.05, 0.1) is 12.0 Å². The van der Waals surface area contributed by atoms with Crippen LogP contribution in [-0.2, 0) is 19.6 Å². The van der Waals surface area contributed by atoms with Crippen molar-refractivity contribution in [2.24, 2.45) is 5.41 Å². The molecule has 31 heavy (non-hydrogen) atoms. The molecule has 164 valence electrons. The van der Waals surface area contributed by atoms with Crippen LogP contribution in [-0.4, -0.2) is 38.9 Å². The van der Waals surface area contributed by atoms with Crippen LogP contribution in [0.2, 0.25) is 0 Å². The van der Waals surface area contributed by atoms with Crippen molar-refractivity contribution in [3.8, 4) is 5.75 Å². The Labute approximate surface area is 183 Å². The third-order valence-electron chi connectivity index (χ3n) is 6.18. The summed E-state index contributed by atoms with van der Waals surface area (Å²) in [5.41, 5.74) is 2.78. The highest BCUT2D eigenvalue weighted by Gasteiger charge is 2.51. The van der Waals surface area contributed by atoms with Gasteiger partial charge < -0.3 is 9.47 Å². The average Bonchev–Trinajstić information content (AvgIpc) is 3.45. The second-order valence-electron chi connectivity index (χ2n) is 8.24. The topological polar surface area (TPSA) is 72.9 Å². The molecule has 2 aromatic rings. The van der Waals surface area contributed by atoms with Gasteiger partial charge in [-0.3, -0.25) is 4.79 Å². The zero-order valence-electron chi connectivity index (χ0n) is 18.0. The Morgan fingerprint density at radius 3 is 2.19 bits per heavy atom. The van der Waals surface area contributed by atoms with Crippen molar-refractivity contribution in [2.75, 3.05) is 20.2 Å². The molecule has 1 aliphatic carbocycles. The lowest BCUT2D eigenvalue weighted by Crippen LogP contribution is -2.40. The van der Waals surface area contributed by atoms with Gasteiger partial charge in [0.25, 0.3) is 0 Å². The van der Waals surface area contributed by atoms with E-state index in [4.69, 9.17) is 9.47 Å². The number of allylic oxidation sites excluding steroid dienone is 1. The average molecular weight is 442 g/mol. The van der Waals surface area contributed by atoms with Crippen LogP contribution in [0.1, 0.15) is 37.0 Å². The number of hydrogen-bond acceptors (Lipinski definition) is 5. The van der Waals surface area contributed by atoms with Crippen molar-refractivity contribution in [3.63, 3.8) is 0 Å². The third-order valence-corrected chi connectivity index (χ3v) is 8.09. The molecular formula is C24H27NO5S. The fourth-order valence-electron chi connectivity index (χ4n) is 4.27. The molecule has 0 aromatic heterocycles. The number of carbonyl (C=O) groups is 1. The molecule has 1 heterocycles. The minimum atomic E-state index is -3.51. The van der Waals surface area contributed by atoms with Crippen LogP contribution in [0.5, 0.6) is 5.75 Å². The van der Waals surface area contributed by atoms with Crippen LogP contribution < -0.4 is 4.74 Å². The Kier molecular flexibility index (Phi) is 5.66. The monoisotopic (exact) mass is 441 g/mol. The summed E-state index contributed by atoms with van der Waals surface area (Å²) in [4.78, 5) is 12.1. The number of benzene rings is 2. The summed E-state index contributed by atoms with van der Waals surface area (Å²) in [7, 11) is -1.90. The molecule has 0 N–H and O–H groups in total. The van der Waals surface area contributed by atoms with Crippen molar-refractivity contribution in [1.29, 1.82) is 0 Å². The van der Waals surface area contributed by atoms with Gasteiger partial charge in [-0.1, -0.05) is 35.9 Å². The van der Waals surface area contributed by atoms with E-state index in [1.165, 1.54) is 6.92 Å². The number of rotatable bonds is 6. The van der Waals surface area contributed by atoms with Crippen LogP contribution in [0.15, 0.2) is 65.1 Å². The second kappa shape index (κ2) is 8.13. The van der Waals surface area contributed by atoms with E-state index >= 15 is 0 Å². The van der Waals surface area contributed by atoms with Gasteiger partial charge in [0, 0.05) is 25.4 Å². The Morgan fingerprint density at radius 2 is 1.65 bits per heavy atom. The zero-order valence-corrected chi connectivity index (χ0v) is 18.8. The van der Waals surface area contributed by atoms with Gasteiger partial charge in [0.2, 0.25) is 10.0 Å². The molecule has 1 saturated heterocycles. The van der Waals surface area contributed by atoms with E-state index in [0.29, 0.717) is 30.8 Å². The zero-order chi connectivity index (χ0) is 22.2. The Hall–Kier alpha value is -2.64. The first-order valence-electron chi connectivity index (χ1n) is 10.4. The highest BCUT2D eigenvalue weighted by atomic mass is 32.2. The van der Waals surface area contributed by atoms with E-state index in [2.05, 4.69) is 6.08 Å². The maximum absolute atomic E-state index is 13.0. The number of methoxy groups -OCH3 is 1. The lowest BCUT2D eigenvalue weighted by molar-refractivity contribution is -0.145. The van der Waals surface area contributed by atoms with Gasteiger partial charge in [-0.05, 0) is 55.2 Å².